The van der Waals surface area contributed by atoms with Crippen LogP contribution in [0, 0.1) is 5.92 Å². The van der Waals surface area contributed by atoms with Gasteiger partial charge < -0.3 is 10.5 Å². The Bertz CT molecular complexity index is 61.9. The van der Waals surface area contributed by atoms with E-state index in [0.29, 0.717) is 0 Å². The van der Waals surface area contributed by atoms with Crippen molar-refractivity contribution >= 4 is 6.29 Å². The van der Waals surface area contributed by atoms with Crippen LogP contribution in [0.15, 0.2) is 0 Å². The van der Waals surface area contributed by atoms with Gasteiger partial charge in [0.2, 0.25) is 0 Å². The summed E-state index contributed by atoms with van der Waals surface area (Å²) < 4.78 is 0. The van der Waals surface area contributed by atoms with E-state index in [9.17, 15) is 4.79 Å². The molecule has 0 spiro atoms. The summed E-state index contributed by atoms with van der Waals surface area (Å²) in [5.74, 6) is 0.275. The van der Waals surface area contributed by atoms with E-state index in [1.54, 1.807) is 0 Å². The van der Waals surface area contributed by atoms with Crippen molar-refractivity contribution in [2.24, 2.45) is 11.7 Å². The molecule has 0 heterocycles. The van der Waals surface area contributed by atoms with Crippen molar-refractivity contribution in [1.82, 2.24) is 0 Å². The number of rotatable bonds is 2. The topological polar surface area (TPSA) is 43.1 Å². The molecule has 1 unspecified atom stereocenters. The maximum Gasteiger partial charge on any atom is 0.136 e. The fourth-order valence-corrected chi connectivity index (χ4v) is 0.157. The molecule has 0 saturated carbocycles. The Morgan fingerprint density at radius 3 is 1.67 bits per heavy atom. The molecule has 2 heteroatoms. The Hall–Kier alpha value is -0.370. The van der Waals surface area contributed by atoms with Gasteiger partial charge in [0.25, 0.3) is 0 Å². The number of carbonyl (C=O) groups excluding carboxylic acids is 1. The van der Waals surface area contributed by atoms with E-state index in [2.05, 4.69) is 0 Å². The zero-order valence-corrected chi connectivity index (χ0v) is 6.72. The Labute approximate surface area is 57.4 Å². The highest BCUT2D eigenvalue weighted by Crippen LogP contribution is 1.92. The highest BCUT2D eigenvalue weighted by atomic mass is 16.1. The van der Waals surface area contributed by atoms with E-state index in [1.165, 1.54) is 0 Å². The highest BCUT2D eigenvalue weighted by Gasteiger charge is 2.02. The SMILES string of the molecule is CC.CC(C)C(N)C=O. The predicted molar refractivity (Wildman–Crippen MR) is 40.2 cm³/mol. The first-order chi connectivity index (χ1) is 4.18. The third-order valence-electron chi connectivity index (χ3n) is 0.927. The summed E-state index contributed by atoms with van der Waals surface area (Å²) in [6.45, 7) is 7.83. The number of hydrogen-bond acceptors (Lipinski definition) is 2. The van der Waals surface area contributed by atoms with Crippen LogP contribution in [-0.2, 0) is 4.79 Å². The van der Waals surface area contributed by atoms with Gasteiger partial charge in [-0.1, -0.05) is 27.7 Å². The van der Waals surface area contributed by atoms with E-state index < -0.39 is 0 Å². The molecule has 0 aromatic rings. The lowest BCUT2D eigenvalue weighted by Gasteiger charge is -2.04. The fraction of sp³-hybridized carbons (Fsp3) is 0.857. The van der Waals surface area contributed by atoms with Crippen molar-refractivity contribution in [3.05, 3.63) is 0 Å². The van der Waals surface area contributed by atoms with Crippen LogP contribution in [0.3, 0.4) is 0 Å². The summed E-state index contributed by atoms with van der Waals surface area (Å²) in [7, 11) is 0. The van der Waals surface area contributed by atoms with Crippen molar-refractivity contribution in [3.63, 3.8) is 0 Å². The van der Waals surface area contributed by atoms with Crippen LogP contribution >= 0.6 is 0 Å². The molecule has 0 fully saturated rings. The lowest BCUT2D eigenvalue weighted by atomic mass is 10.1. The van der Waals surface area contributed by atoms with Crippen LogP contribution in [0.2, 0.25) is 0 Å². The first-order valence-corrected chi connectivity index (χ1v) is 3.39. The Morgan fingerprint density at radius 2 is 1.67 bits per heavy atom. The molecule has 0 rings (SSSR count). The summed E-state index contributed by atoms with van der Waals surface area (Å²) in [5.41, 5.74) is 5.25. The molecular weight excluding hydrogens is 114 g/mol. The standard InChI is InChI=1S/C5H11NO.C2H6/c1-4(2)5(6)3-7;1-2/h3-5H,6H2,1-2H3;1-2H3. The molecule has 0 aliphatic carbocycles. The largest absolute Gasteiger partial charge is 0.322 e. The first-order valence-electron chi connectivity index (χ1n) is 3.39. The van der Waals surface area contributed by atoms with Gasteiger partial charge in [0.05, 0.1) is 6.04 Å². The molecule has 0 radical (unpaired) electrons. The fourth-order valence-electron chi connectivity index (χ4n) is 0.157. The minimum atomic E-state index is -0.278. The molecule has 0 bridgehead atoms. The van der Waals surface area contributed by atoms with E-state index in [4.69, 9.17) is 5.73 Å². The summed E-state index contributed by atoms with van der Waals surface area (Å²) in [4.78, 5) is 9.82. The number of aldehydes is 1. The minimum Gasteiger partial charge on any atom is -0.322 e. The van der Waals surface area contributed by atoms with Crippen molar-refractivity contribution in [1.29, 1.82) is 0 Å². The van der Waals surface area contributed by atoms with Crippen molar-refractivity contribution in [2.45, 2.75) is 33.7 Å². The predicted octanol–water partition coefficient (Wildman–Crippen LogP) is 1.19. The number of hydrogen-bond donors (Lipinski definition) is 1. The maximum atomic E-state index is 9.82. The molecule has 2 nitrogen and oxygen atoms in total. The van der Waals surface area contributed by atoms with E-state index in [-0.39, 0.29) is 12.0 Å². The van der Waals surface area contributed by atoms with Crippen LogP contribution < -0.4 is 5.73 Å². The van der Waals surface area contributed by atoms with Gasteiger partial charge >= 0.3 is 0 Å². The highest BCUT2D eigenvalue weighted by molar-refractivity contribution is 5.57. The average Bonchev–Trinajstić information content (AvgIpc) is 1.91. The second kappa shape index (κ2) is 7.63. The summed E-state index contributed by atoms with van der Waals surface area (Å²) in [6, 6.07) is -0.278. The van der Waals surface area contributed by atoms with Crippen molar-refractivity contribution in [3.8, 4) is 0 Å². The summed E-state index contributed by atoms with van der Waals surface area (Å²) >= 11 is 0. The van der Waals surface area contributed by atoms with E-state index in [1.807, 2.05) is 27.7 Å². The minimum absolute atomic E-state index is 0.275. The molecular formula is C7H17NO. The molecule has 0 aromatic heterocycles. The molecule has 0 aromatic carbocycles. The Balaban J connectivity index is 0. The monoisotopic (exact) mass is 131 g/mol. The third kappa shape index (κ3) is 7.63. The second-order valence-electron chi connectivity index (χ2n) is 1.96. The second-order valence-corrected chi connectivity index (χ2v) is 1.96. The zero-order valence-electron chi connectivity index (χ0n) is 6.72. The Kier molecular flexibility index (Phi) is 9.69. The van der Waals surface area contributed by atoms with Gasteiger partial charge in [-0.15, -0.1) is 0 Å². The molecule has 9 heavy (non-hydrogen) atoms. The lowest BCUT2D eigenvalue weighted by Crippen LogP contribution is -2.27. The zero-order chi connectivity index (χ0) is 7.86. The van der Waals surface area contributed by atoms with Crippen molar-refractivity contribution < 1.29 is 4.79 Å². The van der Waals surface area contributed by atoms with Gasteiger partial charge in [0, 0.05) is 0 Å². The smallest absolute Gasteiger partial charge is 0.136 e. The normalized spacial score (nSPS) is 11.8. The van der Waals surface area contributed by atoms with Crippen LogP contribution in [0.25, 0.3) is 0 Å². The van der Waals surface area contributed by atoms with E-state index in [0.717, 1.165) is 6.29 Å². The summed E-state index contributed by atoms with van der Waals surface area (Å²) in [6.07, 6.45) is 0.769. The molecule has 56 valence electrons. The molecule has 0 aliphatic heterocycles. The van der Waals surface area contributed by atoms with Gasteiger partial charge in [-0.25, -0.2) is 0 Å². The third-order valence-corrected chi connectivity index (χ3v) is 0.927. The molecule has 0 saturated heterocycles. The Morgan fingerprint density at radius 1 is 1.33 bits per heavy atom. The molecule has 2 N–H and O–H groups in total. The maximum absolute atomic E-state index is 9.82. The van der Waals surface area contributed by atoms with Crippen molar-refractivity contribution in [2.75, 3.05) is 0 Å². The molecule has 1 atom stereocenters. The number of nitrogens with two attached hydrogens (primary N) is 1. The van der Waals surface area contributed by atoms with Gasteiger partial charge in [-0.05, 0) is 5.92 Å². The molecule has 0 aliphatic rings. The number of carbonyl (C=O) groups is 1. The van der Waals surface area contributed by atoms with Gasteiger partial charge in [-0.2, -0.15) is 0 Å². The quantitative estimate of drug-likeness (QED) is 0.572. The molecule has 0 amide bonds. The first kappa shape index (κ1) is 11.4. The van der Waals surface area contributed by atoms with Gasteiger partial charge in [0.1, 0.15) is 6.29 Å². The average molecular weight is 131 g/mol. The van der Waals surface area contributed by atoms with Crippen LogP contribution in [-0.4, -0.2) is 12.3 Å². The van der Waals surface area contributed by atoms with Gasteiger partial charge in [-0.3, -0.25) is 0 Å². The van der Waals surface area contributed by atoms with Crippen LogP contribution in [0.1, 0.15) is 27.7 Å². The van der Waals surface area contributed by atoms with Crippen LogP contribution in [0.4, 0.5) is 0 Å². The van der Waals surface area contributed by atoms with E-state index >= 15 is 0 Å². The summed E-state index contributed by atoms with van der Waals surface area (Å²) in [5, 5.41) is 0. The van der Waals surface area contributed by atoms with Crippen LogP contribution in [0.5, 0.6) is 0 Å². The van der Waals surface area contributed by atoms with Gasteiger partial charge in [0.15, 0.2) is 0 Å². The lowest BCUT2D eigenvalue weighted by molar-refractivity contribution is -0.109.